The number of aromatic hydroxyl groups is 1. The third kappa shape index (κ3) is 4.30. The molecule has 1 amide bonds. The highest BCUT2D eigenvalue weighted by Crippen LogP contribution is 2.25. The monoisotopic (exact) mass is 311 g/mol. The molecule has 110 valence electrons. The van der Waals surface area contributed by atoms with Gasteiger partial charge in [0.25, 0.3) is 5.91 Å². The number of hydrogen-bond acceptors (Lipinski definition) is 3. The molecule has 3 N–H and O–H groups in total. The Hall–Kier alpha value is -1.96. The van der Waals surface area contributed by atoms with E-state index in [1.165, 1.54) is 5.32 Å². The third-order valence-electron chi connectivity index (χ3n) is 2.27. The maximum atomic E-state index is 12.6. The van der Waals surface area contributed by atoms with Crippen molar-refractivity contribution in [2.45, 2.75) is 18.6 Å². The number of carboxylic acids is 1. The lowest BCUT2D eigenvalue weighted by atomic mass is 10.1. The standard InChI is InChI=1S/C11H9ClF3NO4/c12-7-2-1-5(17)3-6(7)10(20)16-8(4-9(18)19)11(13,14)15/h1-3,8,17H,4H2,(H,16,20)(H,18,19). The number of carboxylic acid groups (broad SMARTS) is 1. The van der Waals surface area contributed by atoms with Gasteiger partial charge >= 0.3 is 12.1 Å². The molecule has 5 nitrogen and oxygen atoms in total. The Morgan fingerprint density at radius 3 is 2.45 bits per heavy atom. The number of amides is 1. The Bertz CT molecular complexity index is 533. The fourth-order valence-electron chi connectivity index (χ4n) is 1.35. The number of alkyl halides is 3. The highest BCUT2D eigenvalue weighted by atomic mass is 35.5. The van der Waals surface area contributed by atoms with Gasteiger partial charge in [0.05, 0.1) is 17.0 Å². The molecule has 20 heavy (non-hydrogen) atoms. The summed E-state index contributed by atoms with van der Waals surface area (Å²) in [5.74, 6) is -3.30. The number of phenolic OH excluding ortho intramolecular Hbond substituents is 1. The summed E-state index contributed by atoms with van der Waals surface area (Å²) in [7, 11) is 0. The van der Waals surface area contributed by atoms with Crippen molar-refractivity contribution in [1.82, 2.24) is 5.32 Å². The lowest BCUT2D eigenvalue weighted by molar-refractivity contribution is -0.165. The van der Waals surface area contributed by atoms with Crippen molar-refractivity contribution in [3.63, 3.8) is 0 Å². The average molecular weight is 312 g/mol. The fraction of sp³-hybridized carbons (Fsp3) is 0.273. The molecular formula is C11H9ClF3NO4. The van der Waals surface area contributed by atoms with E-state index in [1.54, 1.807) is 0 Å². The van der Waals surface area contributed by atoms with Crippen molar-refractivity contribution >= 4 is 23.5 Å². The third-order valence-corrected chi connectivity index (χ3v) is 2.60. The minimum absolute atomic E-state index is 0.170. The van der Waals surface area contributed by atoms with Gasteiger partial charge in [0, 0.05) is 0 Å². The van der Waals surface area contributed by atoms with Crippen LogP contribution in [-0.4, -0.2) is 34.3 Å². The van der Waals surface area contributed by atoms with Gasteiger partial charge in [0.2, 0.25) is 0 Å². The summed E-state index contributed by atoms with van der Waals surface area (Å²) in [5, 5.41) is 18.9. The van der Waals surface area contributed by atoms with Crippen LogP contribution in [-0.2, 0) is 4.79 Å². The Labute approximate surface area is 116 Å². The topological polar surface area (TPSA) is 86.6 Å². The minimum Gasteiger partial charge on any atom is -0.508 e. The van der Waals surface area contributed by atoms with Crippen molar-refractivity contribution in [1.29, 1.82) is 0 Å². The van der Waals surface area contributed by atoms with E-state index in [9.17, 15) is 27.9 Å². The predicted octanol–water partition coefficient (Wildman–Crippen LogP) is 2.18. The summed E-state index contributed by atoms with van der Waals surface area (Å²) in [6, 6.07) is 0.612. The summed E-state index contributed by atoms with van der Waals surface area (Å²) >= 11 is 5.63. The zero-order valence-electron chi connectivity index (χ0n) is 9.74. The highest BCUT2D eigenvalue weighted by Gasteiger charge is 2.42. The fourth-order valence-corrected chi connectivity index (χ4v) is 1.55. The molecule has 1 aromatic carbocycles. The van der Waals surface area contributed by atoms with Gasteiger partial charge in [0.15, 0.2) is 0 Å². The Morgan fingerprint density at radius 2 is 1.95 bits per heavy atom. The van der Waals surface area contributed by atoms with E-state index in [0.29, 0.717) is 0 Å². The zero-order valence-corrected chi connectivity index (χ0v) is 10.5. The summed E-state index contributed by atoms with van der Waals surface area (Å²) in [5.41, 5.74) is -0.383. The van der Waals surface area contributed by atoms with Crippen LogP contribution in [0.15, 0.2) is 18.2 Å². The number of phenols is 1. The molecule has 0 aromatic heterocycles. The van der Waals surface area contributed by atoms with Crippen LogP contribution in [0, 0.1) is 0 Å². The minimum atomic E-state index is -4.92. The number of halogens is 4. The van der Waals surface area contributed by atoms with Crippen LogP contribution < -0.4 is 5.32 Å². The molecule has 0 spiro atoms. The molecule has 0 bridgehead atoms. The molecule has 0 saturated heterocycles. The van der Waals surface area contributed by atoms with Gasteiger partial charge in [-0.2, -0.15) is 13.2 Å². The van der Waals surface area contributed by atoms with Crippen LogP contribution in [0.1, 0.15) is 16.8 Å². The summed E-state index contributed by atoms with van der Waals surface area (Å²) in [6.45, 7) is 0. The molecule has 0 saturated carbocycles. The van der Waals surface area contributed by atoms with E-state index in [2.05, 4.69) is 0 Å². The first kappa shape index (κ1) is 16.1. The molecule has 0 heterocycles. The van der Waals surface area contributed by atoms with Gasteiger partial charge in [0.1, 0.15) is 11.8 Å². The van der Waals surface area contributed by atoms with Crippen LogP contribution in [0.5, 0.6) is 5.75 Å². The van der Waals surface area contributed by atoms with E-state index in [-0.39, 0.29) is 16.3 Å². The van der Waals surface area contributed by atoms with Crippen LogP contribution in [0.2, 0.25) is 5.02 Å². The normalized spacial score (nSPS) is 12.8. The molecule has 1 aromatic rings. The predicted molar refractivity (Wildman–Crippen MR) is 62.7 cm³/mol. The molecule has 0 aliphatic heterocycles. The van der Waals surface area contributed by atoms with Gasteiger partial charge in [-0.25, -0.2) is 0 Å². The van der Waals surface area contributed by atoms with E-state index >= 15 is 0 Å². The average Bonchev–Trinajstić information content (AvgIpc) is 2.29. The molecule has 0 aliphatic carbocycles. The van der Waals surface area contributed by atoms with Gasteiger partial charge in [-0.3, -0.25) is 9.59 Å². The summed E-state index contributed by atoms with van der Waals surface area (Å²) in [6.07, 6.45) is -6.23. The second-order valence-corrected chi connectivity index (χ2v) is 4.24. The summed E-state index contributed by atoms with van der Waals surface area (Å²) in [4.78, 5) is 22.0. The van der Waals surface area contributed by atoms with Crippen LogP contribution in [0.25, 0.3) is 0 Å². The molecule has 0 fully saturated rings. The highest BCUT2D eigenvalue weighted by molar-refractivity contribution is 6.33. The number of benzene rings is 1. The smallest absolute Gasteiger partial charge is 0.409 e. The SMILES string of the molecule is O=C(O)CC(NC(=O)c1cc(O)ccc1Cl)C(F)(F)F. The van der Waals surface area contributed by atoms with E-state index in [4.69, 9.17) is 16.7 Å². The van der Waals surface area contributed by atoms with Gasteiger partial charge < -0.3 is 15.5 Å². The molecule has 1 rings (SSSR count). The Morgan fingerprint density at radius 1 is 1.35 bits per heavy atom. The molecular weight excluding hydrogens is 303 g/mol. The molecule has 0 radical (unpaired) electrons. The Balaban J connectivity index is 2.96. The van der Waals surface area contributed by atoms with Crippen LogP contribution >= 0.6 is 11.6 Å². The van der Waals surface area contributed by atoms with Crippen molar-refractivity contribution in [3.05, 3.63) is 28.8 Å². The van der Waals surface area contributed by atoms with E-state index < -0.39 is 30.5 Å². The quantitative estimate of drug-likeness (QED) is 0.795. The first-order valence-corrected chi connectivity index (χ1v) is 5.57. The lowest BCUT2D eigenvalue weighted by Crippen LogP contribution is -2.46. The molecule has 1 atom stereocenters. The van der Waals surface area contributed by atoms with Crippen LogP contribution in [0.4, 0.5) is 13.2 Å². The van der Waals surface area contributed by atoms with Crippen molar-refractivity contribution in [2.75, 3.05) is 0 Å². The molecule has 9 heteroatoms. The Kier molecular flexibility index (Phi) is 4.83. The number of nitrogens with one attached hydrogen (secondary N) is 1. The van der Waals surface area contributed by atoms with Crippen LogP contribution in [0.3, 0.4) is 0 Å². The molecule has 1 unspecified atom stereocenters. The number of rotatable bonds is 4. The lowest BCUT2D eigenvalue weighted by Gasteiger charge is -2.20. The van der Waals surface area contributed by atoms with E-state index in [1.807, 2.05) is 0 Å². The van der Waals surface area contributed by atoms with Gasteiger partial charge in [-0.05, 0) is 18.2 Å². The second kappa shape index (κ2) is 6.00. The van der Waals surface area contributed by atoms with Gasteiger partial charge in [-0.1, -0.05) is 11.6 Å². The first-order chi connectivity index (χ1) is 9.11. The number of hydrogen-bond donors (Lipinski definition) is 3. The second-order valence-electron chi connectivity index (χ2n) is 3.83. The first-order valence-electron chi connectivity index (χ1n) is 5.19. The van der Waals surface area contributed by atoms with Crippen molar-refractivity contribution in [2.24, 2.45) is 0 Å². The zero-order chi connectivity index (χ0) is 15.5. The van der Waals surface area contributed by atoms with Crippen molar-refractivity contribution < 1.29 is 33.0 Å². The van der Waals surface area contributed by atoms with Crippen molar-refractivity contribution in [3.8, 4) is 5.75 Å². The summed E-state index contributed by atoms with van der Waals surface area (Å²) < 4.78 is 37.7. The van der Waals surface area contributed by atoms with Gasteiger partial charge in [-0.15, -0.1) is 0 Å². The van der Waals surface area contributed by atoms with E-state index in [0.717, 1.165) is 18.2 Å². The molecule has 0 aliphatic rings. The number of aliphatic carboxylic acids is 1. The number of carbonyl (C=O) groups excluding carboxylic acids is 1. The maximum absolute atomic E-state index is 12.6. The largest absolute Gasteiger partial charge is 0.508 e. The number of carbonyl (C=O) groups is 2. The maximum Gasteiger partial charge on any atom is 0.409 e.